The molecule has 116 valence electrons. The van der Waals surface area contributed by atoms with E-state index in [0.717, 1.165) is 5.56 Å². The summed E-state index contributed by atoms with van der Waals surface area (Å²) in [6.07, 6.45) is 0. The monoisotopic (exact) mass is 313 g/mol. The van der Waals surface area contributed by atoms with Gasteiger partial charge in [-0.25, -0.2) is 13.6 Å². The van der Waals surface area contributed by atoms with Crippen LogP contribution in [0.15, 0.2) is 23.1 Å². The van der Waals surface area contributed by atoms with Gasteiger partial charge in [0.1, 0.15) is 6.61 Å². The van der Waals surface area contributed by atoms with Crippen molar-refractivity contribution in [2.24, 2.45) is 5.14 Å². The smallest absolute Gasteiger partial charge is 0.250 e. The lowest BCUT2D eigenvalue weighted by atomic mass is 10.0. The van der Waals surface area contributed by atoms with Gasteiger partial charge < -0.3 is 15.4 Å². The number of hydrogen-bond acceptors (Lipinski definition) is 5. The van der Waals surface area contributed by atoms with Crippen molar-refractivity contribution < 1.29 is 17.9 Å². The number of anilines is 1. The van der Waals surface area contributed by atoms with Crippen LogP contribution >= 0.6 is 0 Å². The van der Waals surface area contributed by atoms with Crippen LogP contribution in [0.3, 0.4) is 0 Å². The van der Waals surface area contributed by atoms with Gasteiger partial charge in [-0.05, 0) is 31.5 Å². The molecule has 0 saturated carbocycles. The fourth-order valence-electron chi connectivity index (χ4n) is 1.92. The number of aryl methyl sites for hydroxylation is 1. The first-order valence-corrected chi connectivity index (χ1v) is 8.02. The van der Waals surface area contributed by atoms with Crippen LogP contribution in [0, 0.1) is 6.92 Å². The molecule has 7 nitrogen and oxygen atoms in total. The molecule has 0 atom stereocenters. The van der Waals surface area contributed by atoms with Crippen molar-refractivity contribution in [3.8, 4) is 0 Å². The van der Waals surface area contributed by atoms with Gasteiger partial charge in [0.25, 0.3) is 0 Å². The van der Waals surface area contributed by atoms with Crippen LogP contribution in [-0.2, 0) is 19.6 Å². The number of ether oxygens (including phenoxy) is 1. The zero-order valence-electron chi connectivity index (χ0n) is 12.0. The van der Waals surface area contributed by atoms with E-state index < -0.39 is 10.0 Å². The Hall–Kier alpha value is -1.48. The molecule has 1 aliphatic rings. The van der Waals surface area contributed by atoms with Crippen LogP contribution in [0.2, 0.25) is 0 Å². The van der Waals surface area contributed by atoms with Crippen molar-refractivity contribution in [1.82, 2.24) is 5.32 Å². The SMILES string of the molecule is Cc1ccc(S(N)(=O)=O)cc1NC(=O)COC1(C)CNC1. The number of primary sulfonamides is 1. The van der Waals surface area contributed by atoms with Crippen LogP contribution in [-0.4, -0.2) is 39.6 Å². The zero-order chi connectivity index (χ0) is 15.7. The zero-order valence-corrected chi connectivity index (χ0v) is 12.8. The molecule has 0 spiro atoms. The summed E-state index contributed by atoms with van der Waals surface area (Å²) in [5.41, 5.74) is 0.841. The number of amides is 1. The molecule has 0 unspecified atom stereocenters. The van der Waals surface area contributed by atoms with Gasteiger partial charge in [-0.15, -0.1) is 0 Å². The molecular formula is C13H19N3O4S. The summed E-state index contributed by atoms with van der Waals surface area (Å²) in [4.78, 5) is 11.8. The largest absolute Gasteiger partial charge is 0.363 e. The van der Waals surface area contributed by atoms with E-state index in [1.165, 1.54) is 12.1 Å². The van der Waals surface area contributed by atoms with Gasteiger partial charge in [0, 0.05) is 18.8 Å². The van der Waals surface area contributed by atoms with E-state index in [0.29, 0.717) is 18.8 Å². The van der Waals surface area contributed by atoms with Crippen LogP contribution < -0.4 is 15.8 Å². The Kier molecular flexibility index (Phi) is 4.33. The summed E-state index contributed by atoms with van der Waals surface area (Å²) in [6.45, 7) is 5.02. The van der Waals surface area contributed by atoms with Gasteiger partial charge in [0.2, 0.25) is 15.9 Å². The summed E-state index contributed by atoms with van der Waals surface area (Å²) in [7, 11) is -3.80. The number of rotatable bonds is 5. The number of carbonyl (C=O) groups is 1. The summed E-state index contributed by atoms with van der Waals surface area (Å²) in [5.74, 6) is -0.335. The highest BCUT2D eigenvalue weighted by Gasteiger charge is 2.33. The maximum Gasteiger partial charge on any atom is 0.250 e. The normalized spacial score (nSPS) is 17.1. The van der Waals surface area contributed by atoms with E-state index in [4.69, 9.17) is 9.88 Å². The minimum Gasteiger partial charge on any atom is -0.363 e. The average molecular weight is 313 g/mol. The molecule has 1 fully saturated rings. The Bertz CT molecular complexity index is 653. The van der Waals surface area contributed by atoms with E-state index in [-0.39, 0.29) is 23.0 Å². The minimum absolute atomic E-state index is 0.0422. The quantitative estimate of drug-likeness (QED) is 0.706. The fourth-order valence-corrected chi connectivity index (χ4v) is 2.46. The minimum atomic E-state index is -3.80. The van der Waals surface area contributed by atoms with Crippen LogP contribution in [0.5, 0.6) is 0 Å². The second-order valence-corrected chi connectivity index (χ2v) is 6.97. The summed E-state index contributed by atoms with van der Waals surface area (Å²) in [5, 5.41) is 10.8. The second kappa shape index (κ2) is 5.72. The molecule has 1 aromatic carbocycles. The first-order valence-electron chi connectivity index (χ1n) is 6.48. The van der Waals surface area contributed by atoms with E-state index in [1.54, 1.807) is 13.0 Å². The molecule has 0 aromatic heterocycles. The van der Waals surface area contributed by atoms with Crippen LogP contribution in [0.25, 0.3) is 0 Å². The predicted molar refractivity (Wildman–Crippen MR) is 78.4 cm³/mol. The molecular weight excluding hydrogens is 294 g/mol. The highest BCUT2D eigenvalue weighted by atomic mass is 32.2. The summed E-state index contributed by atoms with van der Waals surface area (Å²) >= 11 is 0. The van der Waals surface area contributed by atoms with Gasteiger partial charge in [-0.1, -0.05) is 6.07 Å². The van der Waals surface area contributed by atoms with E-state index in [2.05, 4.69) is 10.6 Å². The maximum absolute atomic E-state index is 11.9. The van der Waals surface area contributed by atoms with Gasteiger partial charge >= 0.3 is 0 Å². The van der Waals surface area contributed by atoms with Crippen molar-refractivity contribution in [3.05, 3.63) is 23.8 Å². The molecule has 0 aliphatic carbocycles. The third kappa shape index (κ3) is 4.01. The third-order valence-corrected chi connectivity index (χ3v) is 4.27. The number of nitrogens with one attached hydrogen (secondary N) is 2. The van der Waals surface area contributed by atoms with Gasteiger partial charge in [0.05, 0.1) is 10.5 Å². The van der Waals surface area contributed by atoms with Crippen molar-refractivity contribution in [3.63, 3.8) is 0 Å². The molecule has 1 aromatic rings. The Morgan fingerprint density at radius 2 is 2.14 bits per heavy atom. The summed E-state index contributed by atoms with van der Waals surface area (Å²) in [6, 6.07) is 4.33. The van der Waals surface area contributed by atoms with Crippen molar-refractivity contribution >= 4 is 21.6 Å². The number of hydrogen-bond donors (Lipinski definition) is 3. The van der Waals surface area contributed by atoms with Crippen molar-refractivity contribution in [2.45, 2.75) is 24.3 Å². The van der Waals surface area contributed by atoms with E-state index >= 15 is 0 Å². The molecule has 4 N–H and O–H groups in total. The predicted octanol–water partition coefficient (Wildman–Crippen LogP) is -0.0406. The molecule has 1 saturated heterocycles. The first-order chi connectivity index (χ1) is 9.70. The first kappa shape index (κ1) is 15.9. The molecule has 0 bridgehead atoms. The molecule has 2 rings (SSSR count). The van der Waals surface area contributed by atoms with Gasteiger partial charge in [-0.3, -0.25) is 4.79 Å². The fraction of sp³-hybridized carbons (Fsp3) is 0.462. The Morgan fingerprint density at radius 3 is 2.67 bits per heavy atom. The summed E-state index contributed by atoms with van der Waals surface area (Å²) < 4.78 is 28.2. The van der Waals surface area contributed by atoms with Crippen LogP contribution in [0.1, 0.15) is 12.5 Å². The van der Waals surface area contributed by atoms with Gasteiger partial charge in [-0.2, -0.15) is 0 Å². The van der Waals surface area contributed by atoms with Crippen molar-refractivity contribution in [1.29, 1.82) is 0 Å². The Morgan fingerprint density at radius 1 is 1.48 bits per heavy atom. The molecule has 0 radical (unpaired) electrons. The van der Waals surface area contributed by atoms with Crippen LogP contribution in [0.4, 0.5) is 5.69 Å². The molecule has 1 amide bonds. The lowest BCUT2D eigenvalue weighted by Gasteiger charge is -2.38. The number of nitrogens with two attached hydrogens (primary N) is 1. The topological polar surface area (TPSA) is 111 Å². The molecule has 8 heteroatoms. The molecule has 21 heavy (non-hydrogen) atoms. The third-order valence-electron chi connectivity index (χ3n) is 3.36. The second-order valence-electron chi connectivity index (χ2n) is 5.41. The lowest BCUT2D eigenvalue weighted by molar-refractivity contribution is -0.130. The number of benzene rings is 1. The molecule has 1 heterocycles. The maximum atomic E-state index is 11.9. The van der Waals surface area contributed by atoms with E-state index in [1.807, 2.05) is 6.92 Å². The molecule has 1 aliphatic heterocycles. The number of sulfonamides is 1. The highest BCUT2D eigenvalue weighted by Crippen LogP contribution is 2.20. The van der Waals surface area contributed by atoms with Gasteiger partial charge in [0.15, 0.2) is 0 Å². The van der Waals surface area contributed by atoms with E-state index in [9.17, 15) is 13.2 Å². The lowest BCUT2D eigenvalue weighted by Crippen LogP contribution is -2.59. The Balaban J connectivity index is 2.03. The van der Waals surface area contributed by atoms with Crippen molar-refractivity contribution in [2.75, 3.05) is 25.0 Å². The number of carbonyl (C=O) groups excluding carboxylic acids is 1. The standard InChI is InChI=1S/C13H19N3O4S/c1-9-3-4-10(21(14,18)19)5-11(9)16-12(17)6-20-13(2)7-15-8-13/h3-5,15H,6-8H2,1-2H3,(H,16,17)(H2,14,18,19). The highest BCUT2D eigenvalue weighted by molar-refractivity contribution is 7.89. The Labute approximate surface area is 123 Å². The average Bonchev–Trinajstić information content (AvgIpc) is 2.35.